The van der Waals surface area contributed by atoms with Crippen molar-refractivity contribution in [2.24, 2.45) is 34.5 Å². The summed E-state index contributed by atoms with van der Waals surface area (Å²) in [6.07, 6.45) is 19.7. The quantitative estimate of drug-likeness (QED) is 0.0596. The van der Waals surface area contributed by atoms with Gasteiger partial charge in [0, 0.05) is 36.8 Å². The number of carbonyl (C=O) groups is 4. The fourth-order valence-electron chi connectivity index (χ4n) is 10.8. The van der Waals surface area contributed by atoms with Gasteiger partial charge in [0.2, 0.25) is 0 Å². The molecule has 0 aliphatic heterocycles. The fraction of sp³-hybridized carbons (Fsp3) is 0.722. The van der Waals surface area contributed by atoms with E-state index >= 15 is 0 Å². The molecule has 8 bridgehead atoms. The summed E-state index contributed by atoms with van der Waals surface area (Å²) in [4.78, 5) is 49.4. The number of rotatable bonds is 9. The Morgan fingerprint density at radius 1 is 0.667 bits per heavy atom. The topological polar surface area (TPSA) is 382 Å². The Morgan fingerprint density at radius 2 is 1.03 bits per heavy atom. The van der Waals surface area contributed by atoms with Crippen LogP contribution in [0.2, 0.25) is 0 Å². The van der Waals surface area contributed by atoms with E-state index in [1.807, 2.05) is 0 Å². The van der Waals surface area contributed by atoms with Gasteiger partial charge in [0.25, 0.3) is 0 Å². The number of carboxylic acid groups (broad SMARTS) is 1. The van der Waals surface area contributed by atoms with Crippen LogP contribution in [0.3, 0.4) is 0 Å². The number of hydrogen-bond donors (Lipinski definition) is 4. The summed E-state index contributed by atoms with van der Waals surface area (Å²) >= 11 is 0. The van der Waals surface area contributed by atoms with Crippen molar-refractivity contribution >= 4 is 54.4 Å². The van der Waals surface area contributed by atoms with Crippen molar-refractivity contribution < 1.29 is 208 Å². The summed E-state index contributed by atoms with van der Waals surface area (Å²) in [6, 6.07) is -0.190. The number of hydrogen-bond acceptors (Lipinski definition) is 20. The monoisotopic (exact) mass is 1140 g/mol. The van der Waals surface area contributed by atoms with Gasteiger partial charge in [-0.25, -0.2) is 46.0 Å². The van der Waals surface area contributed by atoms with E-state index in [9.17, 15) is 99.1 Å². The largest absolute Gasteiger partial charge is 1.00 e. The first kappa shape index (κ1) is 70.6. The number of aliphatic hydroxyl groups excluding tert-OH is 1. The van der Waals surface area contributed by atoms with Crippen molar-refractivity contribution in [2.45, 2.75) is 104 Å². The van der Waals surface area contributed by atoms with Gasteiger partial charge in [0.15, 0.2) is 20.2 Å². The molecule has 2 heterocycles. The second kappa shape index (κ2) is 25.8. The van der Waals surface area contributed by atoms with E-state index in [2.05, 4.69) is 19.4 Å². The number of aliphatic hydroxyl groups is 3. The standard InChI is InChI=1S/C13H18F2O6S.C11H18O2.C7H6N4O.C3H3F3O4S.C2H2F2O5S.3Na.H2O/c14-13(15,22(18,19)20)10(16)21-7-11-2-8-1-9(3-11)5-12(17,4-8)6-11;12-7-10-2-8-1-9(3-10)5-11(13,4-8)6-10;12-7(10-3-1-8-5-10)11-4-2-9-6-11;1-10-2(7)3(4,5)11(6,8)9;3-2(4,1(5)6)10(7,8)9;;;;/h8-9,17H,1-7H2,(H,18,19,20);8-9,12-13H,1-7H2;1-6H;1H3;(H,5,6)(H,7,8,9);;;;1H2/q;;;;;3*+1;/p-3. The second-order valence-electron chi connectivity index (χ2n) is 18.0. The minimum Gasteiger partial charge on any atom is -0.870 e. The molecule has 0 saturated heterocycles. The normalized spacial score (nSPS) is 28.5. The average Bonchev–Trinajstić information content (AvgIpc) is 3.94. The molecule has 0 amide bonds. The molecule has 36 heteroatoms. The van der Waals surface area contributed by atoms with Crippen LogP contribution in [0.4, 0.5) is 35.0 Å². The number of methoxy groups -OCH3 is 1. The Kier molecular flexibility index (Phi) is 25.4. The molecule has 0 spiro atoms. The molecular weight excluding hydrogens is 1090 g/mol. The fourth-order valence-corrected chi connectivity index (χ4v) is 11.5. The molecule has 8 fully saturated rings. The maximum Gasteiger partial charge on any atom is 1.00 e. The van der Waals surface area contributed by atoms with E-state index in [4.69, 9.17) is 5.11 Å². The van der Waals surface area contributed by atoms with Crippen LogP contribution in [0.1, 0.15) is 77.0 Å². The zero-order valence-corrected chi connectivity index (χ0v) is 47.2. The van der Waals surface area contributed by atoms with E-state index in [0.717, 1.165) is 25.7 Å². The molecule has 394 valence electrons. The molecule has 0 aromatic carbocycles. The molecule has 8 aliphatic rings. The van der Waals surface area contributed by atoms with Crippen LogP contribution in [0.5, 0.6) is 0 Å². The Balaban J connectivity index is 0.000000895. The number of aromatic nitrogens is 4. The van der Waals surface area contributed by atoms with E-state index < -0.39 is 80.7 Å². The first-order valence-corrected chi connectivity index (χ1v) is 24.1. The van der Waals surface area contributed by atoms with Gasteiger partial charge >= 0.3 is 139 Å². The first-order valence-electron chi connectivity index (χ1n) is 19.9. The van der Waals surface area contributed by atoms with E-state index in [0.29, 0.717) is 57.7 Å². The zero-order chi connectivity index (χ0) is 51.7. The van der Waals surface area contributed by atoms with Crippen LogP contribution >= 0.6 is 0 Å². The Morgan fingerprint density at radius 3 is 1.28 bits per heavy atom. The minimum atomic E-state index is -6.22. The maximum absolute atomic E-state index is 13.1. The molecule has 10 rings (SSSR count). The first-order chi connectivity index (χ1) is 30.9. The van der Waals surface area contributed by atoms with Crippen LogP contribution in [0, 0.1) is 34.5 Å². The number of esters is 2. The molecule has 2 aromatic heterocycles. The number of aliphatic carboxylic acids is 1. The van der Waals surface area contributed by atoms with Crippen molar-refractivity contribution in [3.8, 4) is 0 Å². The summed E-state index contributed by atoms with van der Waals surface area (Å²) < 4.78 is 174. The molecule has 23 nitrogen and oxygen atoms in total. The molecule has 5 N–H and O–H groups in total. The molecule has 2 aromatic rings. The van der Waals surface area contributed by atoms with Crippen LogP contribution in [-0.4, -0.2) is 151 Å². The average molecular weight is 1140 g/mol. The number of alkyl halides is 6. The van der Waals surface area contributed by atoms with Gasteiger partial charge in [0.05, 0.1) is 24.9 Å². The Hall–Kier alpha value is -1.38. The number of carboxylic acids is 1. The Labute approximate surface area is 473 Å². The Bertz CT molecular complexity index is 2450. The third-order valence-corrected chi connectivity index (χ3v) is 14.8. The van der Waals surface area contributed by atoms with Gasteiger partial charge in [-0.3, -0.25) is 9.13 Å². The summed E-state index contributed by atoms with van der Waals surface area (Å²) in [5.41, 5.74) is -1.72. The van der Waals surface area contributed by atoms with Crippen LogP contribution < -0.4 is 88.7 Å². The summed E-state index contributed by atoms with van der Waals surface area (Å²) in [5, 5.41) is 22.2. The summed E-state index contributed by atoms with van der Waals surface area (Å²) in [5.74, 6) is -5.79. The van der Waals surface area contributed by atoms with Crippen molar-refractivity contribution in [3.05, 3.63) is 37.4 Å². The number of ether oxygens (including phenoxy) is 2. The molecule has 4 unspecified atom stereocenters. The third kappa shape index (κ3) is 16.8. The zero-order valence-electron chi connectivity index (χ0n) is 38.8. The summed E-state index contributed by atoms with van der Waals surface area (Å²) in [6.45, 7) is -0.0887. The molecule has 8 saturated carbocycles. The third-order valence-electron chi connectivity index (χ3n) is 12.4. The molecule has 72 heavy (non-hydrogen) atoms. The molecular formula is C36H46F7N4Na3O19S3. The van der Waals surface area contributed by atoms with Gasteiger partial charge in [-0.2, -0.15) is 34.8 Å². The predicted octanol–water partition coefficient (Wildman–Crippen LogP) is -7.00. The summed E-state index contributed by atoms with van der Waals surface area (Å²) in [7, 11) is -17.9. The van der Waals surface area contributed by atoms with Gasteiger partial charge in [-0.15, -0.1) is 0 Å². The molecule has 0 radical (unpaired) electrons. The van der Waals surface area contributed by atoms with Crippen molar-refractivity contribution in [2.75, 3.05) is 20.3 Å². The van der Waals surface area contributed by atoms with Crippen LogP contribution in [-0.2, 0) is 54.3 Å². The van der Waals surface area contributed by atoms with Crippen molar-refractivity contribution in [1.82, 2.24) is 19.1 Å². The van der Waals surface area contributed by atoms with Crippen LogP contribution in [0.25, 0.3) is 0 Å². The van der Waals surface area contributed by atoms with Gasteiger partial charge in [0.1, 0.15) is 12.7 Å². The number of carbonyl (C=O) groups excluding carboxylic acids is 3. The number of imidazole rings is 2. The molecule has 4 atom stereocenters. The van der Waals surface area contributed by atoms with Gasteiger partial charge in [-0.1, -0.05) is 3.89 Å². The second-order valence-corrected chi connectivity index (χ2v) is 22.3. The van der Waals surface area contributed by atoms with Crippen molar-refractivity contribution in [3.63, 3.8) is 0 Å². The number of halogens is 7. The maximum atomic E-state index is 13.1. The minimum absolute atomic E-state index is 0. The predicted molar refractivity (Wildman–Crippen MR) is 209 cm³/mol. The molecule has 8 aliphatic carbocycles. The van der Waals surface area contributed by atoms with E-state index in [-0.39, 0.29) is 124 Å². The smallest absolute Gasteiger partial charge is 0.870 e. The van der Waals surface area contributed by atoms with E-state index in [1.54, 1.807) is 24.8 Å². The van der Waals surface area contributed by atoms with E-state index in [1.165, 1.54) is 41.1 Å². The van der Waals surface area contributed by atoms with Gasteiger partial charge < -0.3 is 44.5 Å². The van der Waals surface area contributed by atoms with Gasteiger partial charge in [-0.05, 0) is 106 Å². The van der Waals surface area contributed by atoms with Crippen molar-refractivity contribution in [1.29, 1.82) is 0 Å². The SMILES string of the molecule is COC(=O)C(F)(F)S(=O)(=O)F.O=C(O)C(F)(F)S(=O)(=O)[O-].O=C(OCC12CC3CC(CC(O)(C3)C1)C2)C(F)(F)S(=O)(=O)[O-].O=C(n1ccnc1)n1ccnc1.OCC12CC3CC(CC(O)(C3)C1)C2.[Na+].[Na+].[Na+].[OH-]. The number of nitrogens with zero attached hydrogens (tertiary/aromatic N) is 4. The van der Waals surface area contributed by atoms with Crippen LogP contribution in [0.15, 0.2) is 37.4 Å².